The van der Waals surface area contributed by atoms with E-state index in [0.717, 1.165) is 25.2 Å². The molecule has 0 aromatic rings. The molecule has 2 heteroatoms. The predicted octanol–water partition coefficient (Wildman–Crippen LogP) is 0.885. The average Bonchev–Trinajstić information content (AvgIpc) is 1.96. The summed E-state index contributed by atoms with van der Waals surface area (Å²) in [5, 5.41) is 10.2. The van der Waals surface area contributed by atoms with Gasteiger partial charge in [-0.3, -0.25) is 0 Å². The molecule has 12 heavy (non-hydrogen) atoms. The van der Waals surface area contributed by atoms with Gasteiger partial charge in [-0.15, -0.1) is 0 Å². The van der Waals surface area contributed by atoms with Gasteiger partial charge in [-0.25, -0.2) is 0 Å². The van der Waals surface area contributed by atoms with Crippen LogP contribution in [0.2, 0.25) is 0 Å². The molecule has 4 fully saturated rings. The molecule has 3 N–H and O–H groups in total. The van der Waals surface area contributed by atoms with Crippen molar-refractivity contribution in [1.82, 2.24) is 0 Å². The molecule has 0 aromatic heterocycles. The van der Waals surface area contributed by atoms with Gasteiger partial charge >= 0.3 is 0 Å². The van der Waals surface area contributed by atoms with E-state index >= 15 is 0 Å². The Morgan fingerprint density at radius 1 is 1.08 bits per heavy atom. The first kappa shape index (κ1) is 7.34. The summed E-state index contributed by atoms with van der Waals surface area (Å²) in [6.07, 6.45) is 5.62. The SMILES string of the molecule is NC1C2C[C@H]3C[C@@H]1CC(O)(C2)C3. The van der Waals surface area contributed by atoms with Crippen LogP contribution in [0.1, 0.15) is 32.1 Å². The molecule has 0 radical (unpaired) electrons. The highest BCUT2D eigenvalue weighted by Gasteiger charge is 2.53. The summed E-state index contributed by atoms with van der Waals surface area (Å²) < 4.78 is 0. The largest absolute Gasteiger partial charge is 0.390 e. The summed E-state index contributed by atoms with van der Waals surface area (Å²) in [5.41, 5.74) is 5.82. The van der Waals surface area contributed by atoms with E-state index in [0.29, 0.717) is 17.9 Å². The maximum atomic E-state index is 10.2. The quantitative estimate of drug-likeness (QED) is 0.562. The zero-order valence-electron chi connectivity index (χ0n) is 7.37. The molecule has 2 nitrogen and oxygen atoms in total. The lowest BCUT2D eigenvalue weighted by atomic mass is 9.52. The standard InChI is InChI=1S/C10H17NO/c11-9-7-1-6-2-8(9)5-10(12,3-6)4-7/h6-9,12H,1-5,11H2/t6-,7-,8?,9?,10?/m1/s1. The van der Waals surface area contributed by atoms with Crippen molar-refractivity contribution < 1.29 is 5.11 Å². The van der Waals surface area contributed by atoms with Crippen molar-refractivity contribution in [2.24, 2.45) is 23.5 Å². The van der Waals surface area contributed by atoms with Crippen LogP contribution in [0.3, 0.4) is 0 Å². The lowest BCUT2D eigenvalue weighted by Crippen LogP contribution is -2.59. The Labute approximate surface area is 73.1 Å². The van der Waals surface area contributed by atoms with Crippen molar-refractivity contribution in [1.29, 1.82) is 0 Å². The first-order chi connectivity index (χ1) is 5.66. The van der Waals surface area contributed by atoms with Gasteiger partial charge in [0, 0.05) is 6.04 Å². The molecule has 0 spiro atoms. The molecular weight excluding hydrogens is 150 g/mol. The number of hydrogen-bond acceptors (Lipinski definition) is 2. The second-order valence-corrected chi connectivity index (χ2v) is 5.27. The normalized spacial score (nSPS) is 62.5. The number of hydrogen-bond donors (Lipinski definition) is 2. The predicted molar refractivity (Wildman–Crippen MR) is 46.5 cm³/mol. The van der Waals surface area contributed by atoms with Crippen LogP contribution in [0.25, 0.3) is 0 Å². The van der Waals surface area contributed by atoms with Crippen molar-refractivity contribution in [2.45, 2.75) is 43.7 Å². The third-order valence-corrected chi connectivity index (χ3v) is 4.31. The lowest BCUT2D eigenvalue weighted by molar-refractivity contribution is -0.132. The molecular formula is C10H17NO. The summed E-state index contributed by atoms with van der Waals surface area (Å²) in [6, 6.07) is 0.404. The summed E-state index contributed by atoms with van der Waals surface area (Å²) in [5.74, 6) is 2.08. The minimum Gasteiger partial charge on any atom is -0.390 e. The van der Waals surface area contributed by atoms with Gasteiger partial charge in [-0.05, 0) is 49.9 Å². The van der Waals surface area contributed by atoms with Crippen LogP contribution in [0.5, 0.6) is 0 Å². The van der Waals surface area contributed by atoms with E-state index in [2.05, 4.69) is 0 Å². The molecule has 0 saturated heterocycles. The molecule has 0 aliphatic heterocycles. The molecule has 3 unspecified atom stereocenters. The third-order valence-electron chi connectivity index (χ3n) is 4.31. The molecule has 0 heterocycles. The van der Waals surface area contributed by atoms with Gasteiger partial charge in [0.05, 0.1) is 5.60 Å². The van der Waals surface area contributed by atoms with E-state index in [4.69, 9.17) is 5.73 Å². The molecule has 4 aliphatic rings. The van der Waals surface area contributed by atoms with Crippen molar-refractivity contribution in [3.63, 3.8) is 0 Å². The maximum Gasteiger partial charge on any atom is 0.0657 e. The van der Waals surface area contributed by atoms with Crippen LogP contribution < -0.4 is 5.73 Å². The van der Waals surface area contributed by atoms with Crippen LogP contribution in [0.15, 0.2) is 0 Å². The van der Waals surface area contributed by atoms with Crippen molar-refractivity contribution >= 4 is 0 Å². The highest BCUT2D eigenvalue weighted by atomic mass is 16.3. The Bertz CT molecular complexity index is 200. The van der Waals surface area contributed by atoms with Crippen LogP contribution >= 0.6 is 0 Å². The molecule has 4 bridgehead atoms. The summed E-state index contributed by atoms with van der Waals surface area (Å²) >= 11 is 0. The van der Waals surface area contributed by atoms with Crippen LogP contribution in [0.4, 0.5) is 0 Å². The van der Waals surface area contributed by atoms with Gasteiger partial charge in [0.25, 0.3) is 0 Å². The Balaban J connectivity index is 1.95. The summed E-state index contributed by atoms with van der Waals surface area (Å²) in [4.78, 5) is 0. The Morgan fingerprint density at radius 3 is 2.17 bits per heavy atom. The highest BCUT2D eigenvalue weighted by Crippen LogP contribution is 2.54. The molecule has 4 rings (SSSR count). The Morgan fingerprint density at radius 2 is 1.67 bits per heavy atom. The topological polar surface area (TPSA) is 46.2 Å². The fourth-order valence-electron chi connectivity index (χ4n) is 4.02. The van der Waals surface area contributed by atoms with Crippen LogP contribution in [0, 0.1) is 17.8 Å². The van der Waals surface area contributed by atoms with Crippen LogP contribution in [-0.4, -0.2) is 16.7 Å². The summed E-state index contributed by atoms with van der Waals surface area (Å²) in [7, 11) is 0. The summed E-state index contributed by atoms with van der Waals surface area (Å²) in [6.45, 7) is 0. The molecule has 5 atom stereocenters. The smallest absolute Gasteiger partial charge is 0.0657 e. The van der Waals surface area contributed by atoms with Gasteiger partial charge in [-0.1, -0.05) is 0 Å². The van der Waals surface area contributed by atoms with Crippen molar-refractivity contribution in [2.75, 3.05) is 0 Å². The molecule has 68 valence electrons. The van der Waals surface area contributed by atoms with E-state index in [-0.39, 0.29) is 5.60 Å². The Kier molecular flexibility index (Phi) is 1.25. The monoisotopic (exact) mass is 167 g/mol. The van der Waals surface area contributed by atoms with E-state index in [1.165, 1.54) is 12.8 Å². The van der Waals surface area contributed by atoms with Crippen molar-refractivity contribution in [3.05, 3.63) is 0 Å². The second kappa shape index (κ2) is 2.05. The highest BCUT2D eigenvalue weighted by molar-refractivity contribution is 5.06. The van der Waals surface area contributed by atoms with Gasteiger partial charge in [0.1, 0.15) is 0 Å². The molecule has 4 saturated carbocycles. The number of aliphatic hydroxyl groups is 1. The fraction of sp³-hybridized carbons (Fsp3) is 1.00. The zero-order valence-corrected chi connectivity index (χ0v) is 7.37. The van der Waals surface area contributed by atoms with Crippen molar-refractivity contribution in [3.8, 4) is 0 Å². The first-order valence-corrected chi connectivity index (χ1v) is 5.14. The molecule has 4 aliphatic carbocycles. The zero-order chi connectivity index (χ0) is 8.34. The minimum absolute atomic E-state index is 0.299. The minimum atomic E-state index is -0.299. The number of nitrogens with two attached hydrogens (primary N) is 1. The van der Waals surface area contributed by atoms with Gasteiger partial charge in [-0.2, -0.15) is 0 Å². The fourth-order valence-corrected chi connectivity index (χ4v) is 4.02. The third kappa shape index (κ3) is 0.826. The van der Waals surface area contributed by atoms with Gasteiger partial charge < -0.3 is 10.8 Å². The molecule has 0 amide bonds. The second-order valence-electron chi connectivity index (χ2n) is 5.27. The van der Waals surface area contributed by atoms with E-state index in [1.54, 1.807) is 0 Å². The van der Waals surface area contributed by atoms with E-state index < -0.39 is 0 Å². The average molecular weight is 167 g/mol. The first-order valence-electron chi connectivity index (χ1n) is 5.14. The van der Waals surface area contributed by atoms with E-state index in [1.807, 2.05) is 0 Å². The molecule has 0 aromatic carbocycles. The van der Waals surface area contributed by atoms with Gasteiger partial charge in [0.2, 0.25) is 0 Å². The lowest BCUT2D eigenvalue weighted by Gasteiger charge is -2.57. The number of rotatable bonds is 0. The van der Waals surface area contributed by atoms with Crippen LogP contribution in [-0.2, 0) is 0 Å². The maximum absolute atomic E-state index is 10.2. The Hall–Kier alpha value is -0.0800. The van der Waals surface area contributed by atoms with E-state index in [9.17, 15) is 5.11 Å². The van der Waals surface area contributed by atoms with Gasteiger partial charge in [0.15, 0.2) is 0 Å².